The van der Waals surface area contributed by atoms with E-state index in [9.17, 15) is 4.79 Å². The van der Waals surface area contributed by atoms with Crippen molar-refractivity contribution in [1.82, 2.24) is 0 Å². The first kappa shape index (κ1) is 8.59. The van der Waals surface area contributed by atoms with Crippen molar-refractivity contribution in [3.05, 3.63) is 23.3 Å². The molecule has 64 valence electrons. The van der Waals surface area contributed by atoms with Gasteiger partial charge in [-0.15, -0.1) is 0 Å². The lowest BCUT2D eigenvalue weighted by molar-refractivity contribution is 0.101. The second-order valence-electron chi connectivity index (χ2n) is 2.85. The molecule has 1 aromatic rings. The maximum Gasteiger partial charge on any atom is 0.159 e. The zero-order valence-electron chi connectivity index (χ0n) is 7.22. The number of anilines is 2. The van der Waals surface area contributed by atoms with Gasteiger partial charge in [-0.1, -0.05) is 0 Å². The molecule has 0 atom stereocenters. The van der Waals surface area contributed by atoms with Crippen molar-refractivity contribution in [2.24, 2.45) is 0 Å². The van der Waals surface area contributed by atoms with Crippen LogP contribution in [0.4, 0.5) is 11.4 Å². The largest absolute Gasteiger partial charge is 0.397 e. The Bertz CT molecular complexity index is 308. The molecule has 0 spiro atoms. The van der Waals surface area contributed by atoms with Crippen LogP contribution in [-0.4, -0.2) is 5.78 Å². The normalized spacial score (nSPS) is 9.83. The second kappa shape index (κ2) is 2.85. The summed E-state index contributed by atoms with van der Waals surface area (Å²) in [5, 5.41) is 0. The number of rotatable bonds is 1. The summed E-state index contributed by atoms with van der Waals surface area (Å²) in [6.07, 6.45) is 0. The minimum absolute atomic E-state index is 0.00444. The van der Waals surface area contributed by atoms with E-state index in [0.717, 1.165) is 5.56 Å². The minimum Gasteiger partial charge on any atom is -0.397 e. The lowest BCUT2D eigenvalue weighted by atomic mass is 10.1. The average molecular weight is 164 g/mol. The summed E-state index contributed by atoms with van der Waals surface area (Å²) in [6, 6.07) is 3.35. The van der Waals surface area contributed by atoms with Gasteiger partial charge in [-0.2, -0.15) is 0 Å². The molecule has 3 nitrogen and oxygen atoms in total. The predicted octanol–water partition coefficient (Wildman–Crippen LogP) is 1.36. The Morgan fingerprint density at radius 1 is 1.33 bits per heavy atom. The van der Waals surface area contributed by atoms with Gasteiger partial charge in [0.05, 0.1) is 11.4 Å². The van der Waals surface area contributed by atoms with Gasteiger partial charge < -0.3 is 11.5 Å². The van der Waals surface area contributed by atoms with Crippen molar-refractivity contribution in [1.29, 1.82) is 0 Å². The minimum atomic E-state index is 0.00444. The molecule has 4 N–H and O–H groups in total. The number of hydrogen-bond acceptors (Lipinski definition) is 3. The summed E-state index contributed by atoms with van der Waals surface area (Å²) in [5.41, 5.74) is 13.7. The highest BCUT2D eigenvalue weighted by Gasteiger charge is 2.04. The van der Waals surface area contributed by atoms with Crippen LogP contribution in [0, 0.1) is 6.92 Å². The van der Waals surface area contributed by atoms with E-state index < -0.39 is 0 Å². The van der Waals surface area contributed by atoms with Crippen LogP contribution in [0.3, 0.4) is 0 Å². The van der Waals surface area contributed by atoms with Crippen molar-refractivity contribution in [3.63, 3.8) is 0 Å². The number of ketones is 1. The Balaban J connectivity index is 3.31. The molecule has 0 bridgehead atoms. The van der Waals surface area contributed by atoms with Gasteiger partial charge in [-0.3, -0.25) is 4.79 Å². The standard InChI is InChI=1S/C9H12N2O/c1-5-3-7(6(2)12)4-8(10)9(5)11/h3-4H,10-11H2,1-2H3. The van der Waals surface area contributed by atoms with E-state index in [1.165, 1.54) is 6.92 Å². The molecule has 0 amide bonds. The molecule has 0 aliphatic rings. The number of aryl methyl sites for hydroxylation is 1. The first-order chi connectivity index (χ1) is 5.52. The van der Waals surface area contributed by atoms with Crippen molar-refractivity contribution in [3.8, 4) is 0 Å². The number of carbonyl (C=O) groups is 1. The summed E-state index contributed by atoms with van der Waals surface area (Å²) in [4.78, 5) is 11.0. The Morgan fingerprint density at radius 2 is 1.92 bits per heavy atom. The van der Waals surface area contributed by atoms with Gasteiger partial charge in [-0.05, 0) is 31.5 Å². The summed E-state index contributed by atoms with van der Waals surface area (Å²) >= 11 is 0. The molecule has 0 aliphatic heterocycles. The predicted molar refractivity (Wildman–Crippen MR) is 50.0 cm³/mol. The van der Waals surface area contributed by atoms with Gasteiger partial charge >= 0.3 is 0 Å². The lowest BCUT2D eigenvalue weighted by Crippen LogP contribution is -2.01. The molecule has 0 aliphatic carbocycles. The zero-order chi connectivity index (χ0) is 9.30. The van der Waals surface area contributed by atoms with E-state index in [1.54, 1.807) is 12.1 Å². The third-order valence-corrected chi connectivity index (χ3v) is 1.83. The molecule has 1 aromatic carbocycles. The summed E-state index contributed by atoms with van der Waals surface area (Å²) in [7, 11) is 0. The van der Waals surface area contributed by atoms with Crippen LogP contribution in [0.15, 0.2) is 12.1 Å². The van der Waals surface area contributed by atoms with Crippen LogP contribution in [0.2, 0.25) is 0 Å². The molecule has 0 saturated heterocycles. The zero-order valence-corrected chi connectivity index (χ0v) is 7.22. The highest BCUT2D eigenvalue weighted by Crippen LogP contribution is 2.21. The van der Waals surface area contributed by atoms with E-state index in [1.807, 2.05) is 6.92 Å². The van der Waals surface area contributed by atoms with E-state index in [2.05, 4.69) is 0 Å². The summed E-state index contributed by atoms with van der Waals surface area (Å²) in [5.74, 6) is 0.00444. The maximum atomic E-state index is 11.0. The fourth-order valence-corrected chi connectivity index (χ4v) is 1.03. The van der Waals surface area contributed by atoms with Gasteiger partial charge in [0, 0.05) is 5.56 Å². The van der Waals surface area contributed by atoms with Crippen molar-refractivity contribution in [2.45, 2.75) is 13.8 Å². The molecular weight excluding hydrogens is 152 g/mol. The number of nitrogens with two attached hydrogens (primary N) is 2. The van der Waals surface area contributed by atoms with Crippen molar-refractivity contribution < 1.29 is 4.79 Å². The van der Waals surface area contributed by atoms with Crippen LogP contribution < -0.4 is 11.5 Å². The summed E-state index contributed by atoms with van der Waals surface area (Å²) in [6.45, 7) is 3.34. The number of benzene rings is 1. The van der Waals surface area contributed by atoms with Gasteiger partial charge in [0.25, 0.3) is 0 Å². The monoisotopic (exact) mass is 164 g/mol. The number of carbonyl (C=O) groups excluding carboxylic acids is 1. The quantitative estimate of drug-likeness (QED) is 0.486. The number of hydrogen-bond donors (Lipinski definition) is 2. The van der Waals surface area contributed by atoms with Crippen molar-refractivity contribution in [2.75, 3.05) is 11.5 Å². The van der Waals surface area contributed by atoms with E-state index in [4.69, 9.17) is 11.5 Å². The molecule has 0 heterocycles. The van der Waals surface area contributed by atoms with Crippen LogP contribution >= 0.6 is 0 Å². The maximum absolute atomic E-state index is 11.0. The van der Waals surface area contributed by atoms with E-state index >= 15 is 0 Å². The smallest absolute Gasteiger partial charge is 0.159 e. The third-order valence-electron chi connectivity index (χ3n) is 1.83. The molecule has 0 radical (unpaired) electrons. The first-order valence-electron chi connectivity index (χ1n) is 3.69. The molecule has 0 aromatic heterocycles. The lowest BCUT2D eigenvalue weighted by Gasteiger charge is -2.05. The Hall–Kier alpha value is -1.51. The van der Waals surface area contributed by atoms with Crippen LogP contribution in [0.1, 0.15) is 22.8 Å². The second-order valence-corrected chi connectivity index (χ2v) is 2.85. The van der Waals surface area contributed by atoms with E-state index in [0.29, 0.717) is 16.9 Å². The highest BCUT2D eigenvalue weighted by atomic mass is 16.1. The first-order valence-corrected chi connectivity index (χ1v) is 3.69. The molecule has 0 unspecified atom stereocenters. The van der Waals surface area contributed by atoms with Gasteiger partial charge in [-0.25, -0.2) is 0 Å². The van der Waals surface area contributed by atoms with Crippen LogP contribution in [0.25, 0.3) is 0 Å². The Labute approximate surface area is 71.4 Å². The molecule has 1 rings (SSSR count). The van der Waals surface area contributed by atoms with Crippen LogP contribution in [-0.2, 0) is 0 Å². The highest BCUT2D eigenvalue weighted by molar-refractivity contribution is 5.96. The van der Waals surface area contributed by atoms with Gasteiger partial charge in [0.1, 0.15) is 0 Å². The molecule has 0 saturated carbocycles. The van der Waals surface area contributed by atoms with Gasteiger partial charge in [0.15, 0.2) is 5.78 Å². The third kappa shape index (κ3) is 1.39. The fraction of sp³-hybridized carbons (Fsp3) is 0.222. The molecular formula is C9H12N2O. The van der Waals surface area contributed by atoms with E-state index in [-0.39, 0.29) is 5.78 Å². The Kier molecular flexibility index (Phi) is 2.04. The molecule has 0 fully saturated rings. The molecule has 3 heteroatoms. The Morgan fingerprint density at radius 3 is 2.33 bits per heavy atom. The van der Waals surface area contributed by atoms with Crippen LogP contribution in [0.5, 0.6) is 0 Å². The van der Waals surface area contributed by atoms with Gasteiger partial charge in [0.2, 0.25) is 0 Å². The average Bonchev–Trinajstić information content (AvgIpc) is 1.99. The topological polar surface area (TPSA) is 69.1 Å². The fourth-order valence-electron chi connectivity index (χ4n) is 1.03. The molecule has 12 heavy (non-hydrogen) atoms. The summed E-state index contributed by atoms with van der Waals surface area (Å²) < 4.78 is 0. The number of Topliss-reactive ketones (excluding diaryl/α,β-unsaturated/α-hetero) is 1. The number of nitrogen functional groups attached to an aromatic ring is 2. The van der Waals surface area contributed by atoms with Crippen molar-refractivity contribution >= 4 is 17.2 Å². The SMILES string of the molecule is CC(=O)c1cc(C)c(N)c(N)c1.